The SMILES string of the molecule is COc1cc(F)c(F)cc1-c1ccc(OCc2cccc(CN(CC(=O)O)C(=O)CC3CC3)c2)cc1. The van der Waals surface area contributed by atoms with E-state index in [2.05, 4.69) is 0 Å². The molecule has 6 nitrogen and oxygen atoms in total. The van der Waals surface area contributed by atoms with Gasteiger partial charge < -0.3 is 19.5 Å². The van der Waals surface area contributed by atoms with Crippen LogP contribution in [0.15, 0.2) is 60.7 Å². The number of hydrogen-bond donors (Lipinski definition) is 1. The molecule has 0 atom stereocenters. The van der Waals surface area contributed by atoms with Gasteiger partial charge in [-0.2, -0.15) is 0 Å². The van der Waals surface area contributed by atoms with E-state index in [4.69, 9.17) is 9.47 Å². The van der Waals surface area contributed by atoms with Crippen LogP contribution < -0.4 is 9.47 Å². The van der Waals surface area contributed by atoms with Crippen molar-refractivity contribution in [3.63, 3.8) is 0 Å². The van der Waals surface area contributed by atoms with Crippen molar-refractivity contribution in [2.75, 3.05) is 13.7 Å². The zero-order valence-corrected chi connectivity index (χ0v) is 19.9. The van der Waals surface area contributed by atoms with Gasteiger partial charge in [-0.25, -0.2) is 8.78 Å². The van der Waals surface area contributed by atoms with Crippen LogP contribution in [0.2, 0.25) is 0 Å². The van der Waals surface area contributed by atoms with Crippen LogP contribution in [0.5, 0.6) is 11.5 Å². The van der Waals surface area contributed by atoms with Crippen molar-refractivity contribution in [1.82, 2.24) is 4.90 Å². The lowest BCUT2D eigenvalue weighted by Gasteiger charge is -2.21. The molecule has 3 aromatic rings. The third kappa shape index (κ3) is 6.59. The Balaban J connectivity index is 1.40. The Morgan fingerprint density at radius 3 is 2.36 bits per heavy atom. The third-order valence-corrected chi connectivity index (χ3v) is 6.02. The second-order valence-corrected chi connectivity index (χ2v) is 8.89. The summed E-state index contributed by atoms with van der Waals surface area (Å²) in [5, 5.41) is 9.22. The minimum Gasteiger partial charge on any atom is -0.496 e. The van der Waals surface area contributed by atoms with Crippen LogP contribution in [0, 0.1) is 17.6 Å². The van der Waals surface area contributed by atoms with Crippen molar-refractivity contribution in [3.8, 4) is 22.6 Å². The molecule has 1 N–H and O–H groups in total. The van der Waals surface area contributed by atoms with Gasteiger partial charge in [-0.1, -0.05) is 36.4 Å². The first-order valence-electron chi connectivity index (χ1n) is 11.7. The van der Waals surface area contributed by atoms with Gasteiger partial charge >= 0.3 is 5.97 Å². The predicted molar refractivity (Wildman–Crippen MR) is 130 cm³/mol. The molecule has 36 heavy (non-hydrogen) atoms. The lowest BCUT2D eigenvalue weighted by molar-refractivity contribution is -0.145. The van der Waals surface area contributed by atoms with Gasteiger partial charge in [0.25, 0.3) is 0 Å². The lowest BCUT2D eigenvalue weighted by atomic mass is 10.0. The summed E-state index contributed by atoms with van der Waals surface area (Å²) >= 11 is 0. The summed E-state index contributed by atoms with van der Waals surface area (Å²) in [4.78, 5) is 25.2. The molecule has 0 heterocycles. The van der Waals surface area contributed by atoms with Crippen LogP contribution in [-0.4, -0.2) is 35.5 Å². The molecule has 8 heteroatoms. The number of carboxylic acid groups (broad SMARTS) is 1. The lowest BCUT2D eigenvalue weighted by Crippen LogP contribution is -2.35. The third-order valence-electron chi connectivity index (χ3n) is 6.02. The highest BCUT2D eigenvalue weighted by atomic mass is 19.2. The number of nitrogens with zero attached hydrogens (tertiary/aromatic N) is 1. The van der Waals surface area contributed by atoms with Gasteiger partial charge in [0.15, 0.2) is 11.6 Å². The van der Waals surface area contributed by atoms with E-state index in [9.17, 15) is 23.5 Å². The van der Waals surface area contributed by atoms with Gasteiger partial charge in [0, 0.05) is 24.6 Å². The monoisotopic (exact) mass is 495 g/mol. The van der Waals surface area contributed by atoms with Gasteiger partial charge in [-0.15, -0.1) is 0 Å². The predicted octanol–water partition coefficient (Wildman–Crippen LogP) is 5.43. The molecular weight excluding hydrogens is 468 g/mol. The fourth-order valence-electron chi connectivity index (χ4n) is 3.95. The number of ether oxygens (including phenoxy) is 2. The van der Waals surface area contributed by atoms with Crippen LogP contribution >= 0.6 is 0 Å². The Bertz CT molecular complexity index is 1240. The first-order chi connectivity index (χ1) is 17.3. The van der Waals surface area contributed by atoms with Crippen LogP contribution in [0.25, 0.3) is 11.1 Å². The molecule has 1 aliphatic carbocycles. The largest absolute Gasteiger partial charge is 0.496 e. The zero-order valence-electron chi connectivity index (χ0n) is 19.9. The second kappa shape index (κ2) is 11.2. The fourth-order valence-corrected chi connectivity index (χ4v) is 3.95. The molecule has 1 fully saturated rings. The first kappa shape index (κ1) is 25.2. The van der Waals surface area contributed by atoms with Gasteiger partial charge in [0.05, 0.1) is 7.11 Å². The van der Waals surface area contributed by atoms with Gasteiger partial charge in [-0.3, -0.25) is 9.59 Å². The molecule has 1 aliphatic rings. The molecule has 1 amide bonds. The second-order valence-electron chi connectivity index (χ2n) is 8.89. The summed E-state index contributed by atoms with van der Waals surface area (Å²) in [5.41, 5.74) is 2.76. The number of benzene rings is 3. The average molecular weight is 496 g/mol. The number of methoxy groups -OCH3 is 1. The van der Waals surface area contributed by atoms with E-state index in [1.54, 1.807) is 24.3 Å². The molecule has 0 aromatic heterocycles. The van der Waals surface area contributed by atoms with Gasteiger partial charge in [0.2, 0.25) is 5.91 Å². The molecule has 4 rings (SSSR count). The molecule has 188 valence electrons. The van der Waals surface area contributed by atoms with Crippen molar-refractivity contribution in [2.24, 2.45) is 5.92 Å². The highest BCUT2D eigenvalue weighted by Crippen LogP contribution is 2.34. The maximum absolute atomic E-state index is 13.7. The average Bonchev–Trinajstić information content (AvgIpc) is 3.68. The van der Waals surface area contributed by atoms with Crippen LogP contribution in [0.1, 0.15) is 30.4 Å². The van der Waals surface area contributed by atoms with E-state index in [-0.39, 0.29) is 31.4 Å². The molecule has 1 saturated carbocycles. The normalized spacial score (nSPS) is 12.8. The Morgan fingerprint density at radius 1 is 1.00 bits per heavy atom. The number of hydrogen-bond acceptors (Lipinski definition) is 4. The summed E-state index contributed by atoms with van der Waals surface area (Å²) in [7, 11) is 1.39. The fraction of sp³-hybridized carbons (Fsp3) is 0.286. The summed E-state index contributed by atoms with van der Waals surface area (Å²) < 4.78 is 38.3. The van der Waals surface area contributed by atoms with Crippen molar-refractivity contribution >= 4 is 11.9 Å². The van der Waals surface area contributed by atoms with Crippen LogP contribution in [0.4, 0.5) is 8.78 Å². The van der Waals surface area contributed by atoms with Crippen molar-refractivity contribution < 1.29 is 33.0 Å². The Morgan fingerprint density at radius 2 is 1.69 bits per heavy atom. The van der Waals surface area contributed by atoms with Crippen LogP contribution in [0.3, 0.4) is 0 Å². The number of aliphatic carboxylic acids is 1. The number of carbonyl (C=O) groups is 2. The van der Waals surface area contributed by atoms with E-state index in [0.29, 0.717) is 29.2 Å². The first-order valence-corrected chi connectivity index (χ1v) is 11.7. The molecular formula is C28H27F2NO5. The molecule has 0 aliphatic heterocycles. The number of carboxylic acids is 1. The quantitative estimate of drug-likeness (QED) is 0.384. The molecule has 0 bridgehead atoms. The molecule has 0 unspecified atom stereocenters. The summed E-state index contributed by atoms with van der Waals surface area (Å²) in [6.45, 7) is 0.147. The number of rotatable bonds is 11. The van der Waals surface area contributed by atoms with E-state index < -0.39 is 17.6 Å². The standard InChI is InChI=1S/C28H27F2NO5/c1-35-26-14-25(30)24(29)13-23(26)21-7-9-22(10-8-21)36-17-20-4-2-3-19(11-20)15-31(16-28(33)34)27(32)12-18-5-6-18/h2-4,7-11,13-14,18H,5-6,12,15-17H2,1H3,(H,33,34). The topological polar surface area (TPSA) is 76.1 Å². The Hall–Kier alpha value is -3.94. The van der Waals surface area contributed by atoms with Gasteiger partial charge in [0.1, 0.15) is 24.7 Å². The van der Waals surface area contributed by atoms with Gasteiger partial charge in [-0.05, 0) is 53.6 Å². The van der Waals surface area contributed by atoms with Crippen molar-refractivity contribution in [3.05, 3.63) is 83.4 Å². The number of halogens is 2. The van der Waals surface area contributed by atoms with E-state index in [1.807, 2.05) is 24.3 Å². The number of amides is 1. The molecule has 3 aromatic carbocycles. The van der Waals surface area contributed by atoms with Crippen molar-refractivity contribution in [2.45, 2.75) is 32.4 Å². The summed E-state index contributed by atoms with van der Waals surface area (Å²) in [6.07, 6.45) is 2.44. The van der Waals surface area contributed by atoms with E-state index >= 15 is 0 Å². The maximum Gasteiger partial charge on any atom is 0.323 e. The Labute approximate surface area is 208 Å². The highest BCUT2D eigenvalue weighted by Gasteiger charge is 2.28. The minimum atomic E-state index is -1.04. The summed E-state index contributed by atoms with van der Waals surface area (Å²) in [5.74, 6) is -1.92. The van der Waals surface area contributed by atoms with Crippen LogP contribution in [-0.2, 0) is 22.7 Å². The van der Waals surface area contributed by atoms with E-state index in [1.165, 1.54) is 12.0 Å². The van der Waals surface area contributed by atoms with E-state index in [0.717, 1.165) is 36.1 Å². The molecule has 0 spiro atoms. The van der Waals surface area contributed by atoms with Crippen molar-refractivity contribution in [1.29, 1.82) is 0 Å². The maximum atomic E-state index is 13.7. The molecule has 0 radical (unpaired) electrons. The minimum absolute atomic E-state index is 0.140. The highest BCUT2D eigenvalue weighted by molar-refractivity contribution is 5.81. The summed E-state index contributed by atoms with van der Waals surface area (Å²) in [6, 6.07) is 16.5. The zero-order chi connectivity index (χ0) is 25.7. The molecule has 0 saturated heterocycles. The Kier molecular flexibility index (Phi) is 7.83. The number of carbonyl (C=O) groups excluding carboxylic acids is 1. The smallest absolute Gasteiger partial charge is 0.323 e.